The summed E-state index contributed by atoms with van der Waals surface area (Å²) in [5.41, 5.74) is 1.33. The number of carbonyl (C=O) groups excluding carboxylic acids is 1. The van der Waals surface area contributed by atoms with Crippen LogP contribution in [0.3, 0.4) is 0 Å². The first-order valence-electron chi connectivity index (χ1n) is 8.94. The Hall–Kier alpha value is -2.96. The van der Waals surface area contributed by atoms with Crippen molar-refractivity contribution >= 4 is 5.91 Å². The highest BCUT2D eigenvalue weighted by molar-refractivity contribution is 5.94. The van der Waals surface area contributed by atoms with Crippen LogP contribution in [0.4, 0.5) is 0 Å². The number of benzene rings is 1. The highest BCUT2D eigenvalue weighted by Gasteiger charge is 2.39. The zero-order valence-electron chi connectivity index (χ0n) is 14.2. The molecule has 1 aliphatic carbocycles. The van der Waals surface area contributed by atoms with E-state index in [-0.39, 0.29) is 11.9 Å². The average molecular weight is 350 g/mol. The fourth-order valence-corrected chi connectivity index (χ4v) is 3.53. The number of carbonyl (C=O) groups is 1. The van der Waals surface area contributed by atoms with Gasteiger partial charge >= 0.3 is 0 Å². The molecule has 0 N–H and O–H groups in total. The largest absolute Gasteiger partial charge is 0.447 e. The number of likely N-dealkylation sites (tertiary alicyclic amines) is 1. The molecule has 5 rings (SSSR count). The topological polar surface area (TPSA) is 85.3 Å². The van der Waals surface area contributed by atoms with Crippen molar-refractivity contribution in [3.8, 4) is 11.4 Å². The lowest BCUT2D eigenvalue weighted by atomic mass is 10.2. The van der Waals surface area contributed by atoms with Gasteiger partial charge in [0.2, 0.25) is 11.7 Å². The molecule has 3 heterocycles. The van der Waals surface area contributed by atoms with Gasteiger partial charge in [-0.2, -0.15) is 4.98 Å². The maximum absolute atomic E-state index is 13.0. The Labute approximate surface area is 150 Å². The Morgan fingerprint density at radius 2 is 2.00 bits per heavy atom. The van der Waals surface area contributed by atoms with Gasteiger partial charge in [-0.15, -0.1) is 0 Å². The number of oxazole rings is 1. The van der Waals surface area contributed by atoms with E-state index in [0.717, 1.165) is 37.0 Å². The molecule has 1 saturated carbocycles. The van der Waals surface area contributed by atoms with Crippen LogP contribution in [-0.2, 0) is 0 Å². The van der Waals surface area contributed by atoms with Gasteiger partial charge < -0.3 is 13.8 Å². The van der Waals surface area contributed by atoms with Crippen molar-refractivity contribution in [2.45, 2.75) is 37.6 Å². The number of nitrogens with zero attached hydrogens (tertiary/aromatic N) is 4. The van der Waals surface area contributed by atoms with E-state index in [1.165, 1.54) is 6.39 Å². The normalized spacial score (nSPS) is 19.8. The zero-order valence-corrected chi connectivity index (χ0v) is 14.2. The van der Waals surface area contributed by atoms with E-state index < -0.39 is 0 Å². The first kappa shape index (κ1) is 15.3. The summed E-state index contributed by atoms with van der Waals surface area (Å²) in [5.74, 6) is 1.97. The molecule has 1 aromatic carbocycles. The summed E-state index contributed by atoms with van der Waals surface area (Å²) in [7, 11) is 0. The Bertz CT molecular complexity index is 929. The molecule has 1 aliphatic heterocycles. The summed E-state index contributed by atoms with van der Waals surface area (Å²) in [6.07, 6.45) is 5.19. The number of hydrogen-bond donors (Lipinski definition) is 0. The van der Waals surface area contributed by atoms with E-state index in [4.69, 9.17) is 8.94 Å². The quantitative estimate of drug-likeness (QED) is 0.715. The predicted molar refractivity (Wildman–Crippen MR) is 91.2 cm³/mol. The van der Waals surface area contributed by atoms with Gasteiger partial charge in [0.15, 0.2) is 12.1 Å². The van der Waals surface area contributed by atoms with E-state index >= 15 is 0 Å². The van der Waals surface area contributed by atoms with E-state index in [1.54, 1.807) is 4.90 Å². The van der Waals surface area contributed by atoms with Crippen molar-refractivity contribution in [2.24, 2.45) is 0 Å². The third-order valence-electron chi connectivity index (χ3n) is 5.02. The second-order valence-electron chi connectivity index (χ2n) is 6.82. The SMILES string of the molecule is O=C(c1ncoc1C1CC1)N1CCC[C@@H]1c1nc(-c2ccccc2)no1. The first-order valence-corrected chi connectivity index (χ1v) is 8.94. The summed E-state index contributed by atoms with van der Waals surface area (Å²) in [4.78, 5) is 23.5. The molecular weight excluding hydrogens is 332 g/mol. The zero-order chi connectivity index (χ0) is 17.5. The van der Waals surface area contributed by atoms with Crippen LogP contribution >= 0.6 is 0 Å². The van der Waals surface area contributed by atoms with Crippen LogP contribution in [-0.4, -0.2) is 32.5 Å². The van der Waals surface area contributed by atoms with Gasteiger partial charge in [-0.1, -0.05) is 35.5 Å². The molecule has 3 aromatic rings. The van der Waals surface area contributed by atoms with Crippen molar-refractivity contribution in [3.63, 3.8) is 0 Å². The predicted octanol–water partition coefficient (Wildman–Crippen LogP) is 3.58. The summed E-state index contributed by atoms with van der Waals surface area (Å²) in [6.45, 7) is 0.656. The lowest BCUT2D eigenvalue weighted by molar-refractivity contribution is 0.0702. The minimum atomic E-state index is -0.212. The molecule has 0 spiro atoms. The Morgan fingerprint density at radius 1 is 1.15 bits per heavy atom. The number of hydrogen-bond acceptors (Lipinski definition) is 6. The van der Waals surface area contributed by atoms with Crippen LogP contribution in [0.2, 0.25) is 0 Å². The second-order valence-corrected chi connectivity index (χ2v) is 6.82. The van der Waals surface area contributed by atoms with Crippen LogP contribution < -0.4 is 0 Å². The summed E-state index contributed by atoms with van der Waals surface area (Å²) >= 11 is 0. The maximum Gasteiger partial charge on any atom is 0.276 e. The standard InChI is InChI=1S/C19H18N4O3/c24-19(15-16(12-8-9-12)25-11-20-15)23-10-4-7-14(23)18-21-17(22-26-18)13-5-2-1-3-6-13/h1-3,5-6,11-12,14H,4,7-10H2/t14-/m1/s1. The molecule has 26 heavy (non-hydrogen) atoms. The van der Waals surface area contributed by atoms with Crippen molar-refractivity contribution in [2.75, 3.05) is 6.54 Å². The Kier molecular flexibility index (Phi) is 3.58. The molecule has 7 heteroatoms. The highest BCUT2D eigenvalue weighted by atomic mass is 16.5. The van der Waals surface area contributed by atoms with Crippen LogP contribution in [0.1, 0.15) is 59.8 Å². The molecule has 1 atom stereocenters. The summed E-state index contributed by atoms with van der Waals surface area (Å²) < 4.78 is 11.0. The fraction of sp³-hybridized carbons (Fsp3) is 0.368. The summed E-state index contributed by atoms with van der Waals surface area (Å²) in [6, 6.07) is 9.46. The molecule has 2 aliphatic rings. The van der Waals surface area contributed by atoms with Gasteiger partial charge in [0.25, 0.3) is 5.91 Å². The van der Waals surface area contributed by atoms with Crippen LogP contribution in [0.5, 0.6) is 0 Å². The lowest BCUT2D eigenvalue weighted by Gasteiger charge is -2.21. The fourth-order valence-electron chi connectivity index (χ4n) is 3.53. The monoisotopic (exact) mass is 350 g/mol. The Balaban J connectivity index is 1.41. The maximum atomic E-state index is 13.0. The molecule has 0 bridgehead atoms. The Morgan fingerprint density at radius 3 is 2.81 bits per heavy atom. The van der Waals surface area contributed by atoms with Gasteiger partial charge in [-0.25, -0.2) is 4.98 Å². The molecular formula is C19H18N4O3. The van der Waals surface area contributed by atoms with Crippen molar-refractivity contribution in [1.29, 1.82) is 0 Å². The van der Waals surface area contributed by atoms with Gasteiger partial charge in [-0.3, -0.25) is 4.79 Å². The van der Waals surface area contributed by atoms with Gasteiger partial charge in [0, 0.05) is 18.0 Å². The molecule has 1 amide bonds. The number of aromatic nitrogens is 3. The minimum Gasteiger partial charge on any atom is -0.447 e. The third kappa shape index (κ3) is 2.60. The smallest absolute Gasteiger partial charge is 0.276 e. The molecule has 132 valence electrons. The van der Waals surface area contributed by atoms with E-state index in [9.17, 15) is 4.79 Å². The van der Waals surface area contributed by atoms with Gasteiger partial charge in [0.1, 0.15) is 11.8 Å². The minimum absolute atomic E-state index is 0.109. The van der Waals surface area contributed by atoms with Crippen LogP contribution in [0, 0.1) is 0 Å². The lowest BCUT2D eigenvalue weighted by Crippen LogP contribution is -2.31. The average Bonchev–Trinajstić information content (AvgIpc) is 3.12. The molecule has 2 aromatic heterocycles. The van der Waals surface area contributed by atoms with Crippen molar-refractivity contribution < 1.29 is 13.7 Å². The first-order chi connectivity index (χ1) is 12.8. The van der Waals surface area contributed by atoms with E-state index in [0.29, 0.717) is 29.9 Å². The molecule has 1 saturated heterocycles. The van der Waals surface area contributed by atoms with Crippen molar-refractivity contribution in [1.82, 2.24) is 20.0 Å². The molecule has 0 radical (unpaired) electrons. The third-order valence-corrected chi connectivity index (χ3v) is 5.02. The van der Waals surface area contributed by atoms with Crippen LogP contribution in [0.15, 0.2) is 45.7 Å². The number of amides is 1. The molecule has 0 unspecified atom stereocenters. The van der Waals surface area contributed by atoms with Crippen molar-refractivity contribution in [3.05, 3.63) is 54.1 Å². The van der Waals surface area contributed by atoms with Crippen LogP contribution in [0.25, 0.3) is 11.4 Å². The highest BCUT2D eigenvalue weighted by Crippen LogP contribution is 2.42. The summed E-state index contributed by atoms with van der Waals surface area (Å²) in [5, 5.41) is 4.09. The van der Waals surface area contributed by atoms with E-state index in [2.05, 4.69) is 15.1 Å². The van der Waals surface area contributed by atoms with Gasteiger partial charge in [0.05, 0.1) is 0 Å². The second kappa shape index (κ2) is 6.09. The van der Waals surface area contributed by atoms with E-state index in [1.807, 2.05) is 30.3 Å². The molecule has 2 fully saturated rings. The number of rotatable bonds is 4. The van der Waals surface area contributed by atoms with Gasteiger partial charge in [-0.05, 0) is 25.7 Å². The molecule has 7 nitrogen and oxygen atoms in total.